The minimum absolute atomic E-state index is 0.0908. The molecule has 3 heteroatoms. The molecule has 0 radical (unpaired) electrons. The first-order chi connectivity index (χ1) is 6.16. The molecule has 0 saturated heterocycles. The van der Waals surface area contributed by atoms with Gasteiger partial charge in [-0.15, -0.1) is 0 Å². The summed E-state index contributed by atoms with van der Waals surface area (Å²) >= 11 is 0. The Balaban J connectivity index is 4.73. The lowest BCUT2D eigenvalue weighted by molar-refractivity contribution is -0.126. The standard InChI is InChI=1S/C11H21NO2/c1-8(13)7-12(11(4,5)6)9(2)10(3)14/h9H,7H2,1-6H3. The number of carbonyl (C=O) groups excluding carboxylic acids is 2. The number of hydrogen-bond acceptors (Lipinski definition) is 3. The molecule has 0 aliphatic heterocycles. The van der Waals surface area contributed by atoms with Gasteiger partial charge in [-0.3, -0.25) is 14.5 Å². The van der Waals surface area contributed by atoms with Crippen LogP contribution in [0.5, 0.6) is 0 Å². The zero-order chi connectivity index (χ0) is 11.5. The number of hydrogen-bond donors (Lipinski definition) is 0. The average molecular weight is 199 g/mol. The molecule has 0 fully saturated rings. The van der Waals surface area contributed by atoms with Crippen molar-refractivity contribution in [2.45, 2.75) is 53.1 Å². The van der Waals surface area contributed by atoms with Crippen molar-refractivity contribution in [3.8, 4) is 0 Å². The molecule has 3 nitrogen and oxygen atoms in total. The van der Waals surface area contributed by atoms with Crippen LogP contribution >= 0.6 is 0 Å². The second-order valence-corrected chi connectivity index (χ2v) is 4.79. The van der Waals surface area contributed by atoms with Gasteiger partial charge in [0.25, 0.3) is 0 Å². The van der Waals surface area contributed by atoms with Crippen molar-refractivity contribution in [3.63, 3.8) is 0 Å². The maximum Gasteiger partial charge on any atom is 0.146 e. The molecule has 0 rings (SSSR count). The largest absolute Gasteiger partial charge is 0.299 e. The van der Waals surface area contributed by atoms with Crippen molar-refractivity contribution in [2.75, 3.05) is 6.54 Å². The number of Topliss-reactive ketones (excluding diaryl/α,β-unsaturated/α-hetero) is 2. The van der Waals surface area contributed by atoms with E-state index in [0.717, 1.165) is 0 Å². The van der Waals surface area contributed by atoms with E-state index in [1.54, 1.807) is 13.8 Å². The predicted octanol–water partition coefficient (Wildman–Crippen LogP) is 1.65. The second kappa shape index (κ2) is 4.69. The molecule has 0 aliphatic carbocycles. The quantitative estimate of drug-likeness (QED) is 0.691. The smallest absolute Gasteiger partial charge is 0.146 e. The van der Waals surface area contributed by atoms with E-state index in [0.29, 0.717) is 6.54 Å². The molecule has 14 heavy (non-hydrogen) atoms. The van der Waals surface area contributed by atoms with Gasteiger partial charge in [0.1, 0.15) is 11.6 Å². The fraction of sp³-hybridized carbons (Fsp3) is 0.818. The molecule has 1 unspecified atom stereocenters. The molecular weight excluding hydrogens is 178 g/mol. The molecule has 0 aromatic carbocycles. The van der Waals surface area contributed by atoms with Gasteiger partial charge in [0.15, 0.2) is 0 Å². The van der Waals surface area contributed by atoms with Crippen LogP contribution in [0.2, 0.25) is 0 Å². The highest BCUT2D eigenvalue weighted by Gasteiger charge is 2.29. The molecule has 0 aromatic heterocycles. The first kappa shape index (κ1) is 13.3. The van der Waals surface area contributed by atoms with Gasteiger partial charge < -0.3 is 0 Å². The summed E-state index contributed by atoms with van der Waals surface area (Å²) < 4.78 is 0. The fourth-order valence-electron chi connectivity index (χ4n) is 1.41. The third-order valence-electron chi connectivity index (χ3n) is 2.31. The van der Waals surface area contributed by atoms with Gasteiger partial charge in [-0.25, -0.2) is 0 Å². The van der Waals surface area contributed by atoms with Gasteiger partial charge in [-0.2, -0.15) is 0 Å². The highest BCUT2D eigenvalue weighted by Crippen LogP contribution is 2.17. The van der Waals surface area contributed by atoms with Crippen molar-refractivity contribution in [2.24, 2.45) is 0 Å². The Kier molecular flexibility index (Phi) is 4.46. The van der Waals surface area contributed by atoms with E-state index < -0.39 is 0 Å². The van der Waals surface area contributed by atoms with E-state index in [1.165, 1.54) is 0 Å². The Morgan fingerprint density at radius 1 is 1.21 bits per heavy atom. The monoisotopic (exact) mass is 199 g/mol. The van der Waals surface area contributed by atoms with Crippen LogP contribution in [0.25, 0.3) is 0 Å². The Morgan fingerprint density at radius 3 is 1.86 bits per heavy atom. The normalized spacial score (nSPS) is 14.2. The molecule has 1 atom stereocenters. The van der Waals surface area contributed by atoms with Crippen LogP contribution < -0.4 is 0 Å². The molecule has 0 aromatic rings. The third-order valence-corrected chi connectivity index (χ3v) is 2.31. The number of rotatable bonds is 4. The van der Waals surface area contributed by atoms with Gasteiger partial charge in [-0.05, 0) is 41.5 Å². The highest BCUT2D eigenvalue weighted by atomic mass is 16.1. The molecule has 0 aliphatic rings. The summed E-state index contributed by atoms with van der Waals surface area (Å²) in [5.41, 5.74) is -0.156. The van der Waals surface area contributed by atoms with Gasteiger partial charge in [0.2, 0.25) is 0 Å². The topological polar surface area (TPSA) is 37.4 Å². The molecule has 0 N–H and O–H groups in total. The van der Waals surface area contributed by atoms with Crippen molar-refractivity contribution < 1.29 is 9.59 Å². The molecule has 0 amide bonds. The van der Waals surface area contributed by atoms with Crippen LogP contribution in [-0.2, 0) is 9.59 Å². The zero-order valence-electron chi connectivity index (χ0n) is 10.0. The summed E-state index contributed by atoms with van der Waals surface area (Å²) in [6.45, 7) is 11.3. The molecule has 0 heterocycles. The van der Waals surface area contributed by atoms with Crippen LogP contribution in [0.3, 0.4) is 0 Å². The summed E-state index contributed by atoms with van der Waals surface area (Å²) in [7, 11) is 0. The van der Waals surface area contributed by atoms with Gasteiger partial charge in [0.05, 0.1) is 12.6 Å². The molecule has 0 saturated carbocycles. The summed E-state index contributed by atoms with van der Waals surface area (Å²) in [5.74, 6) is 0.189. The van der Waals surface area contributed by atoms with E-state index in [2.05, 4.69) is 0 Å². The van der Waals surface area contributed by atoms with Crippen LogP contribution in [0.1, 0.15) is 41.5 Å². The summed E-state index contributed by atoms with van der Waals surface area (Å²) in [6.07, 6.45) is 0. The lowest BCUT2D eigenvalue weighted by atomic mass is 10.0. The van der Waals surface area contributed by atoms with E-state index >= 15 is 0 Å². The summed E-state index contributed by atoms with van der Waals surface area (Å²) in [5, 5.41) is 0. The molecule has 82 valence electrons. The van der Waals surface area contributed by atoms with Crippen molar-refractivity contribution in [3.05, 3.63) is 0 Å². The minimum atomic E-state index is -0.195. The predicted molar refractivity (Wildman–Crippen MR) is 57.3 cm³/mol. The molecule has 0 bridgehead atoms. The Bertz CT molecular complexity index is 228. The Labute approximate surface area is 86.5 Å². The van der Waals surface area contributed by atoms with Gasteiger partial charge >= 0.3 is 0 Å². The zero-order valence-corrected chi connectivity index (χ0v) is 10.0. The second-order valence-electron chi connectivity index (χ2n) is 4.79. The van der Waals surface area contributed by atoms with E-state index in [1.807, 2.05) is 32.6 Å². The van der Waals surface area contributed by atoms with Crippen molar-refractivity contribution in [1.82, 2.24) is 4.90 Å². The van der Waals surface area contributed by atoms with Crippen molar-refractivity contribution in [1.29, 1.82) is 0 Å². The van der Waals surface area contributed by atoms with Crippen LogP contribution in [0.4, 0.5) is 0 Å². The maximum absolute atomic E-state index is 11.3. The average Bonchev–Trinajstić information content (AvgIpc) is 1.96. The minimum Gasteiger partial charge on any atom is -0.299 e. The number of nitrogens with zero attached hydrogens (tertiary/aromatic N) is 1. The van der Waals surface area contributed by atoms with Gasteiger partial charge in [-0.1, -0.05) is 0 Å². The highest BCUT2D eigenvalue weighted by molar-refractivity contribution is 5.83. The molecular formula is C11H21NO2. The van der Waals surface area contributed by atoms with Crippen LogP contribution in [0, 0.1) is 0 Å². The number of carbonyl (C=O) groups is 2. The first-order valence-electron chi connectivity index (χ1n) is 4.93. The third kappa shape index (κ3) is 4.01. The first-order valence-corrected chi connectivity index (χ1v) is 4.93. The van der Waals surface area contributed by atoms with E-state index in [9.17, 15) is 9.59 Å². The fourth-order valence-corrected chi connectivity index (χ4v) is 1.41. The Morgan fingerprint density at radius 2 is 1.64 bits per heavy atom. The SMILES string of the molecule is CC(=O)CN(C(C)C(C)=O)C(C)(C)C. The lowest BCUT2D eigenvalue weighted by Crippen LogP contribution is -2.51. The van der Waals surface area contributed by atoms with E-state index in [-0.39, 0.29) is 23.1 Å². The van der Waals surface area contributed by atoms with Crippen LogP contribution in [0.15, 0.2) is 0 Å². The van der Waals surface area contributed by atoms with Crippen LogP contribution in [-0.4, -0.2) is 34.6 Å². The lowest BCUT2D eigenvalue weighted by Gasteiger charge is -2.38. The molecule has 0 spiro atoms. The number of ketones is 2. The summed E-state index contributed by atoms with van der Waals surface area (Å²) in [4.78, 5) is 24.3. The maximum atomic E-state index is 11.3. The summed E-state index contributed by atoms with van der Waals surface area (Å²) in [6, 6.07) is -0.195. The van der Waals surface area contributed by atoms with Crippen molar-refractivity contribution >= 4 is 11.6 Å². The Hall–Kier alpha value is -0.700. The van der Waals surface area contributed by atoms with E-state index in [4.69, 9.17) is 0 Å². The van der Waals surface area contributed by atoms with Gasteiger partial charge in [0, 0.05) is 5.54 Å².